The summed E-state index contributed by atoms with van der Waals surface area (Å²) >= 11 is 0. The van der Waals surface area contributed by atoms with Crippen LogP contribution in [0.5, 0.6) is 11.5 Å². The Bertz CT molecular complexity index is 1210. The lowest BCUT2D eigenvalue weighted by Gasteiger charge is -2.20. The molecule has 0 spiro atoms. The van der Waals surface area contributed by atoms with Crippen LogP contribution in [-0.2, 0) is 6.18 Å². The fourth-order valence-corrected chi connectivity index (χ4v) is 3.65. The number of hydrogen-bond donors (Lipinski definition) is 0. The van der Waals surface area contributed by atoms with Crippen LogP contribution in [0.4, 0.5) is 17.6 Å². The first-order valence-electron chi connectivity index (χ1n) is 9.82. The summed E-state index contributed by atoms with van der Waals surface area (Å²) in [7, 11) is 0. The molecule has 1 aliphatic heterocycles. The van der Waals surface area contributed by atoms with Gasteiger partial charge in [-0.05, 0) is 53.4 Å². The molecule has 0 bridgehead atoms. The highest BCUT2D eigenvalue weighted by Crippen LogP contribution is 2.40. The lowest BCUT2D eigenvalue weighted by molar-refractivity contribution is -0.137. The number of benzene rings is 3. The van der Waals surface area contributed by atoms with Gasteiger partial charge in [-0.3, -0.25) is 4.79 Å². The van der Waals surface area contributed by atoms with Gasteiger partial charge in [-0.2, -0.15) is 13.2 Å². The highest BCUT2D eigenvalue weighted by molar-refractivity contribution is 5.82. The topological polar surface area (TPSA) is 35.5 Å². The SMILES string of the molecule is Cc1c(/C=C/c2cc(C=O)ccc2C(F)(F)F)cccc1-c1ccc2c(c1F)OCCO2. The van der Waals surface area contributed by atoms with Gasteiger partial charge in [0.1, 0.15) is 19.5 Å². The van der Waals surface area contributed by atoms with Gasteiger partial charge < -0.3 is 9.47 Å². The van der Waals surface area contributed by atoms with Crippen molar-refractivity contribution in [1.29, 1.82) is 0 Å². The maximum atomic E-state index is 15.1. The molecule has 0 unspecified atom stereocenters. The number of ether oxygens (including phenoxy) is 2. The van der Waals surface area contributed by atoms with E-state index in [-0.39, 0.29) is 23.5 Å². The van der Waals surface area contributed by atoms with Gasteiger partial charge in [-0.15, -0.1) is 0 Å². The van der Waals surface area contributed by atoms with Gasteiger partial charge in [0.05, 0.1) is 5.56 Å². The lowest BCUT2D eigenvalue weighted by Crippen LogP contribution is -2.16. The van der Waals surface area contributed by atoms with Crippen molar-refractivity contribution >= 4 is 18.4 Å². The zero-order valence-electron chi connectivity index (χ0n) is 17.0. The number of aldehydes is 1. The van der Waals surface area contributed by atoms with Crippen molar-refractivity contribution in [2.45, 2.75) is 13.1 Å². The van der Waals surface area contributed by atoms with Gasteiger partial charge in [0.15, 0.2) is 17.3 Å². The smallest absolute Gasteiger partial charge is 0.416 e. The fourth-order valence-electron chi connectivity index (χ4n) is 3.65. The fraction of sp³-hybridized carbons (Fsp3) is 0.160. The first-order valence-corrected chi connectivity index (χ1v) is 9.82. The van der Waals surface area contributed by atoms with E-state index >= 15 is 4.39 Å². The maximum Gasteiger partial charge on any atom is 0.416 e. The Morgan fingerprint density at radius 2 is 1.66 bits per heavy atom. The molecule has 7 heteroatoms. The van der Waals surface area contributed by atoms with Gasteiger partial charge in [-0.1, -0.05) is 36.4 Å². The number of rotatable bonds is 4. The van der Waals surface area contributed by atoms with E-state index in [1.807, 2.05) is 0 Å². The molecule has 0 N–H and O–H groups in total. The summed E-state index contributed by atoms with van der Waals surface area (Å²) < 4.78 is 66.0. The monoisotopic (exact) mass is 442 g/mol. The minimum Gasteiger partial charge on any atom is -0.486 e. The predicted molar refractivity (Wildman–Crippen MR) is 113 cm³/mol. The summed E-state index contributed by atoms with van der Waals surface area (Å²) in [5.41, 5.74) is 1.35. The van der Waals surface area contributed by atoms with Crippen molar-refractivity contribution < 1.29 is 31.8 Å². The van der Waals surface area contributed by atoms with Crippen LogP contribution in [-0.4, -0.2) is 19.5 Å². The van der Waals surface area contributed by atoms with E-state index in [0.29, 0.717) is 40.9 Å². The molecule has 0 radical (unpaired) electrons. The Morgan fingerprint density at radius 3 is 2.41 bits per heavy atom. The molecule has 1 aliphatic rings. The molecule has 3 nitrogen and oxygen atoms in total. The molecule has 0 fully saturated rings. The Morgan fingerprint density at radius 1 is 0.906 bits per heavy atom. The van der Waals surface area contributed by atoms with Crippen molar-refractivity contribution in [1.82, 2.24) is 0 Å². The Kier molecular flexibility index (Phi) is 5.74. The zero-order valence-corrected chi connectivity index (χ0v) is 17.0. The van der Waals surface area contributed by atoms with Crippen molar-refractivity contribution in [3.63, 3.8) is 0 Å². The summed E-state index contributed by atoms with van der Waals surface area (Å²) in [5, 5.41) is 0. The average molecular weight is 442 g/mol. The van der Waals surface area contributed by atoms with E-state index in [1.165, 1.54) is 18.2 Å². The molecule has 0 amide bonds. The lowest BCUT2D eigenvalue weighted by atomic mass is 9.94. The molecule has 0 saturated carbocycles. The summed E-state index contributed by atoms with van der Waals surface area (Å²) in [6, 6.07) is 11.6. The Balaban J connectivity index is 1.75. The second-order valence-corrected chi connectivity index (χ2v) is 7.27. The van der Waals surface area contributed by atoms with Crippen LogP contribution in [0.15, 0.2) is 48.5 Å². The average Bonchev–Trinajstić information content (AvgIpc) is 2.78. The summed E-state index contributed by atoms with van der Waals surface area (Å²) in [6.45, 7) is 2.35. The normalized spacial score (nSPS) is 13.4. The van der Waals surface area contributed by atoms with Crippen LogP contribution in [0, 0.1) is 12.7 Å². The van der Waals surface area contributed by atoms with E-state index in [9.17, 15) is 18.0 Å². The molecule has 3 aromatic carbocycles. The highest BCUT2D eigenvalue weighted by Gasteiger charge is 2.32. The molecule has 164 valence electrons. The van der Waals surface area contributed by atoms with Crippen LogP contribution < -0.4 is 9.47 Å². The third-order valence-corrected chi connectivity index (χ3v) is 5.27. The maximum absolute atomic E-state index is 15.1. The van der Waals surface area contributed by atoms with Gasteiger partial charge in [0.2, 0.25) is 0 Å². The van der Waals surface area contributed by atoms with Crippen LogP contribution >= 0.6 is 0 Å². The second kappa shape index (κ2) is 8.49. The molecule has 0 aromatic heterocycles. The number of hydrogen-bond acceptors (Lipinski definition) is 3. The predicted octanol–water partition coefficient (Wildman–Crippen LogP) is 6.57. The summed E-state index contributed by atoms with van der Waals surface area (Å²) in [6.07, 6.45) is -1.24. The molecule has 3 aromatic rings. The molecular weight excluding hydrogens is 424 g/mol. The first-order chi connectivity index (χ1) is 15.3. The number of halogens is 4. The van der Waals surface area contributed by atoms with Crippen molar-refractivity contribution in [3.05, 3.63) is 82.2 Å². The molecule has 32 heavy (non-hydrogen) atoms. The van der Waals surface area contributed by atoms with Crippen LogP contribution in [0.3, 0.4) is 0 Å². The van der Waals surface area contributed by atoms with E-state index in [0.717, 1.165) is 12.1 Å². The van der Waals surface area contributed by atoms with E-state index in [4.69, 9.17) is 9.47 Å². The van der Waals surface area contributed by atoms with Gasteiger partial charge in [0, 0.05) is 11.1 Å². The third kappa shape index (κ3) is 4.10. The van der Waals surface area contributed by atoms with Crippen molar-refractivity contribution in [2.75, 3.05) is 13.2 Å². The first kappa shape index (κ1) is 21.6. The molecule has 0 saturated heterocycles. The quantitative estimate of drug-likeness (QED) is 0.260. The number of alkyl halides is 3. The van der Waals surface area contributed by atoms with Gasteiger partial charge in [-0.25, -0.2) is 4.39 Å². The minimum atomic E-state index is -4.56. The molecule has 4 rings (SSSR count). The van der Waals surface area contributed by atoms with E-state index < -0.39 is 17.6 Å². The van der Waals surface area contributed by atoms with E-state index in [1.54, 1.807) is 37.3 Å². The Hall–Kier alpha value is -3.61. The summed E-state index contributed by atoms with van der Waals surface area (Å²) in [5.74, 6) is -0.167. The number of carbonyl (C=O) groups excluding carboxylic acids is 1. The zero-order chi connectivity index (χ0) is 22.9. The van der Waals surface area contributed by atoms with Crippen molar-refractivity contribution in [2.24, 2.45) is 0 Å². The van der Waals surface area contributed by atoms with Crippen LogP contribution in [0.25, 0.3) is 23.3 Å². The number of fused-ring (bicyclic) bond motifs is 1. The summed E-state index contributed by atoms with van der Waals surface area (Å²) in [4.78, 5) is 11.0. The third-order valence-electron chi connectivity index (χ3n) is 5.27. The number of carbonyl (C=O) groups is 1. The minimum absolute atomic E-state index is 0.0505. The standard InChI is InChI=1S/C25H18F4O3/c1-15-17(6-7-18-13-16(14-30)5-9-21(18)25(27,28)29)3-2-4-19(15)20-8-10-22-24(23(20)26)32-12-11-31-22/h2-10,13-14H,11-12H2,1H3/b7-6+. The molecule has 0 aliphatic carbocycles. The van der Waals surface area contributed by atoms with E-state index in [2.05, 4.69) is 0 Å². The molecule has 0 atom stereocenters. The highest BCUT2D eigenvalue weighted by atomic mass is 19.4. The largest absolute Gasteiger partial charge is 0.486 e. The Labute approximate surface area is 181 Å². The second-order valence-electron chi connectivity index (χ2n) is 7.27. The molecule has 1 heterocycles. The molecular formula is C25H18F4O3. The van der Waals surface area contributed by atoms with Crippen molar-refractivity contribution in [3.8, 4) is 22.6 Å². The van der Waals surface area contributed by atoms with Gasteiger partial charge in [0.25, 0.3) is 0 Å². The van der Waals surface area contributed by atoms with Crippen LogP contribution in [0.1, 0.15) is 32.6 Å². The van der Waals surface area contributed by atoms with Gasteiger partial charge >= 0.3 is 6.18 Å². The van der Waals surface area contributed by atoms with Crippen LogP contribution in [0.2, 0.25) is 0 Å².